The van der Waals surface area contributed by atoms with E-state index in [-0.39, 0.29) is 11.8 Å². The standard InChI is InChI=1S/C23H26N6O/c1-16-11-12-29(28-16)21-10-6-3-7-17(21)14-25-23(24-2)26-15-18-13-22(30)27-20-9-5-4-8-19(18)20/h3-12,18H,13-15H2,1-2H3,(H,27,30)(H2,24,25,26). The molecule has 0 spiro atoms. The van der Waals surface area contributed by atoms with Crippen molar-refractivity contribution in [1.29, 1.82) is 0 Å². The van der Waals surface area contributed by atoms with Gasteiger partial charge in [0.05, 0.1) is 11.4 Å². The van der Waals surface area contributed by atoms with Crippen molar-refractivity contribution in [3.05, 3.63) is 77.6 Å². The van der Waals surface area contributed by atoms with Crippen LogP contribution in [0.25, 0.3) is 5.69 Å². The molecule has 0 fully saturated rings. The number of nitrogens with zero attached hydrogens (tertiary/aromatic N) is 3. The molecule has 1 aliphatic rings. The van der Waals surface area contributed by atoms with Gasteiger partial charge in [0.25, 0.3) is 0 Å². The summed E-state index contributed by atoms with van der Waals surface area (Å²) in [6.07, 6.45) is 2.43. The maximum atomic E-state index is 12.0. The lowest BCUT2D eigenvalue weighted by molar-refractivity contribution is -0.116. The molecular weight excluding hydrogens is 376 g/mol. The largest absolute Gasteiger partial charge is 0.356 e. The van der Waals surface area contributed by atoms with E-state index in [4.69, 9.17) is 0 Å². The van der Waals surface area contributed by atoms with E-state index in [0.717, 1.165) is 28.2 Å². The number of fused-ring (bicyclic) bond motifs is 1. The van der Waals surface area contributed by atoms with Crippen molar-refractivity contribution in [3.8, 4) is 5.69 Å². The number of aliphatic imine (C=N–C) groups is 1. The molecule has 1 aromatic heterocycles. The summed E-state index contributed by atoms with van der Waals surface area (Å²) in [7, 11) is 1.75. The van der Waals surface area contributed by atoms with E-state index in [2.05, 4.69) is 44.2 Å². The Hall–Kier alpha value is -3.61. The minimum Gasteiger partial charge on any atom is -0.356 e. The van der Waals surface area contributed by atoms with Crippen molar-refractivity contribution in [2.24, 2.45) is 4.99 Å². The number of anilines is 1. The zero-order valence-corrected chi connectivity index (χ0v) is 17.2. The highest BCUT2D eigenvalue weighted by molar-refractivity contribution is 5.94. The van der Waals surface area contributed by atoms with Crippen LogP contribution in [-0.2, 0) is 11.3 Å². The molecule has 2 heterocycles. The molecule has 1 amide bonds. The summed E-state index contributed by atoms with van der Waals surface area (Å²) in [5.41, 5.74) is 5.18. The highest BCUT2D eigenvalue weighted by Crippen LogP contribution is 2.31. The molecule has 4 rings (SSSR count). The number of benzene rings is 2. The molecule has 0 bridgehead atoms. The minimum absolute atomic E-state index is 0.0480. The Morgan fingerprint density at radius 3 is 2.77 bits per heavy atom. The van der Waals surface area contributed by atoms with Crippen molar-refractivity contribution in [2.75, 3.05) is 18.9 Å². The van der Waals surface area contributed by atoms with Crippen molar-refractivity contribution in [3.63, 3.8) is 0 Å². The highest BCUT2D eigenvalue weighted by atomic mass is 16.1. The maximum absolute atomic E-state index is 12.0. The molecule has 7 nitrogen and oxygen atoms in total. The summed E-state index contributed by atoms with van der Waals surface area (Å²) >= 11 is 0. The lowest BCUT2D eigenvalue weighted by Crippen LogP contribution is -2.40. The topological polar surface area (TPSA) is 83.3 Å². The van der Waals surface area contributed by atoms with Crippen LogP contribution in [0, 0.1) is 6.92 Å². The van der Waals surface area contributed by atoms with Gasteiger partial charge in [0, 0.05) is 44.4 Å². The molecule has 0 saturated carbocycles. The molecule has 154 valence electrons. The molecule has 7 heteroatoms. The lowest BCUT2D eigenvalue weighted by Gasteiger charge is -2.26. The van der Waals surface area contributed by atoms with Crippen molar-refractivity contribution in [2.45, 2.75) is 25.8 Å². The van der Waals surface area contributed by atoms with Crippen LogP contribution in [-0.4, -0.2) is 35.2 Å². The monoisotopic (exact) mass is 402 g/mol. The van der Waals surface area contributed by atoms with E-state index in [0.29, 0.717) is 25.5 Å². The Kier molecular flexibility index (Phi) is 5.79. The van der Waals surface area contributed by atoms with Crippen molar-refractivity contribution < 1.29 is 4.79 Å². The van der Waals surface area contributed by atoms with E-state index >= 15 is 0 Å². The van der Waals surface area contributed by atoms with Crippen molar-refractivity contribution >= 4 is 17.6 Å². The fourth-order valence-corrected chi connectivity index (χ4v) is 3.74. The molecule has 1 atom stereocenters. The van der Waals surface area contributed by atoms with Crippen LogP contribution in [0.5, 0.6) is 0 Å². The second-order valence-electron chi connectivity index (χ2n) is 7.37. The molecule has 1 unspecified atom stereocenters. The lowest BCUT2D eigenvalue weighted by atomic mass is 9.90. The average Bonchev–Trinajstić information content (AvgIpc) is 3.20. The van der Waals surface area contributed by atoms with Crippen LogP contribution >= 0.6 is 0 Å². The zero-order valence-electron chi connectivity index (χ0n) is 17.2. The number of para-hydroxylation sites is 2. The first-order chi connectivity index (χ1) is 14.6. The molecular formula is C23H26N6O. The Morgan fingerprint density at radius 1 is 1.17 bits per heavy atom. The molecule has 3 aromatic rings. The average molecular weight is 403 g/mol. The number of aromatic nitrogens is 2. The van der Waals surface area contributed by atoms with Gasteiger partial charge in [-0.15, -0.1) is 0 Å². The molecule has 0 aliphatic carbocycles. The summed E-state index contributed by atoms with van der Waals surface area (Å²) in [6, 6.07) is 18.1. The van der Waals surface area contributed by atoms with Crippen LogP contribution in [0.3, 0.4) is 0 Å². The summed E-state index contributed by atoms with van der Waals surface area (Å²) in [6.45, 7) is 3.22. The first-order valence-electron chi connectivity index (χ1n) is 10.1. The second kappa shape index (κ2) is 8.82. The second-order valence-corrected chi connectivity index (χ2v) is 7.37. The molecule has 2 aromatic carbocycles. The number of nitrogens with one attached hydrogen (secondary N) is 3. The smallest absolute Gasteiger partial charge is 0.225 e. The van der Waals surface area contributed by atoms with Gasteiger partial charge in [0.15, 0.2) is 5.96 Å². The third-order valence-electron chi connectivity index (χ3n) is 5.25. The molecule has 0 radical (unpaired) electrons. The quantitative estimate of drug-likeness (QED) is 0.453. The molecule has 1 aliphatic heterocycles. The summed E-state index contributed by atoms with van der Waals surface area (Å²) in [4.78, 5) is 16.4. The van der Waals surface area contributed by atoms with E-state index in [1.807, 2.05) is 54.2 Å². The third-order valence-corrected chi connectivity index (χ3v) is 5.25. The number of guanidine groups is 1. The summed E-state index contributed by atoms with van der Waals surface area (Å²) in [5.74, 6) is 0.852. The Morgan fingerprint density at radius 2 is 1.97 bits per heavy atom. The number of carbonyl (C=O) groups is 1. The predicted octanol–water partition coefficient (Wildman–Crippen LogP) is 2.97. The van der Waals surface area contributed by atoms with Crippen molar-refractivity contribution in [1.82, 2.24) is 20.4 Å². The van der Waals surface area contributed by atoms with Crippen LogP contribution < -0.4 is 16.0 Å². The molecule has 30 heavy (non-hydrogen) atoms. The first-order valence-corrected chi connectivity index (χ1v) is 10.1. The van der Waals surface area contributed by atoms with Gasteiger partial charge in [0.1, 0.15) is 0 Å². The maximum Gasteiger partial charge on any atom is 0.225 e. The van der Waals surface area contributed by atoms with Gasteiger partial charge in [-0.3, -0.25) is 9.79 Å². The fourth-order valence-electron chi connectivity index (χ4n) is 3.74. The SMILES string of the molecule is CN=C(NCc1ccccc1-n1ccc(C)n1)NCC1CC(=O)Nc2ccccc21. The van der Waals surface area contributed by atoms with E-state index in [9.17, 15) is 4.79 Å². The number of aryl methyl sites for hydroxylation is 1. The number of hydrogen-bond acceptors (Lipinski definition) is 3. The van der Waals surface area contributed by atoms with E-state index in [1.54, 1.807) is 7.05 Å². The van der Waals surface area contributed by atoms with Gasteiger partial charge < -0.3 is 16.0 Å². The van der Waals surface area contributed by atoms with Crippen LogP contribution in [0.4, 0.5) is 5.69 Å². The number of hydrogen-bond donors (Lipinski definition) is 3. The van der Waals surface area contributed by atoms with Crippen LogP contribution in [0.15, 0.2) is 65.8 Å². The normalized spacial score (nSPS) is 16.0. The Bertz CT molecular complexity index is 1070. The van der Waals surface area contributed by atoms with Gasteiger partial charge >= 0.3 is 0 Å². The third kappa shape index (κ3) is 4.35. The Balaban J connectivity index is 1.41. The van der Waals surface area contributed by atoms with Gasteiger partial charge in [-0.05, 0) is 36.2 Å². The zero-order chi connectivity index (χ0) is 20.9. The highest BCUT2D eigenvalue weighted by Gasteiger charge is 2.24. The van der Waals surface area contributed by atoms with E-state index in [1.165, 1.54) is 0 Å². The van der Waals surface area contributed by atoms with Crippen LogP contribution in [0.1, 0.15) is 29.2 Å². The Labute approximate surface area is 176 Å². The summed E-state index contributed by atoms with van der Waals surface area (Å²) < 4.78 is 1.89. The van der Waals surface area contributed by atoms with Gasteiger partial charge in [-0.2, -0.15) is 5.10 Å². The minimum atomic E-state index is 0.0480. The number of amides is 1. The molecule has 0 saturated heterocycles. The number of rotatable bonds is 5. The van der Waals surface area contributed by atoms with E-state index < -0.39 is 0 Å². The van der Waals surface area contributed by atoms with Gasteiger partial charge in [0.2, 0.25) is 5.91 Å². The summed E-state index contributed by atoms with van der Waals surface area (Å²) in [5, 5.41) is 14.2. The number of carbonyl (C=O) groups excluding carboxylic acids is 1. The van der Waals surface area contributed by atoms with Gasteiger partial charge in [-0.1, -0.05) is 36.4 Å². The fraction of sp³-hybridized carbons (Fsp3) is 0.261. The van der Waals surface area contributed by atoms with Gasteiger partial charge in [-0.25, -0.2) is 4.68 Å². The molecule has 3 N–H and O–H groups in total. The van der Waals surface area contributed by atoms with Crippen LogP contribution in [0.2, 0.25) is 0 Å². The first kappa shape index (κ1) is 19.7. The predicted molar refractivity (Wildman–Crippen MR) is 119 cm³/mol.